The van der Waals surface area contributed by atoms with Crippen molar-refractivity contribution in [1.29, 1.82) is 0 Å². The number of aliphatic hydroxyl groups excluding tert-OH is 1. The van der Waals surface area contributed by atoms with Crippen LogP contribution >= 0.6 is 0 Å². The summed E-state index contributed by atoms with van der Waals surface area (Å²) in [4.78, 5) is 11.9. The minimum Gasteiger partial charge on any atom is -0.391 e. The van der Waals surface area contributed by atoms with Crippen LogP contribution < -0.4 is 10.6 Å². The van der Waals surface area contributed by atoms with Crippen LogP contribution in [0.5, 0.6) is 0 Å². The van der Waals surface area contributed by atoms with Gasteiger partial charge in [-0.1, -0.05) is 13.8 Å². The number of nitrogens with zero attached hydrogens (tertiary/aromatic N) is 3. The van der Waals surface area contributed by atoms with Crippen molar-refractivity contribution in [3.8, 4) is 0 Å². The van der Waals surface area contributed by atoms with Crippen LogP contribution in [0.4, 0.5) is 4.79 Å². The summed E-state index contributed by atoms with van der Waals surface area (Å²) in [7, 11) is 0. The third-order valence-electron chi connectivity index (χ3n) is 3.70. The van der Waals surface area contributed by atoms with E-state index in [2.05, 4.69) is 20.8 Å². The van der Waals surface area contributed by atoms with E-state index < -0.39 is 6.10 Å². The van der Waals surface area contributed by atoms with Crippen LogP contribution in [0, 0.1) is 12.8 Å². The van der Waals surface area contributed by atoms with Gasteiger partial charge in [-0.2, -0.15) is 0 Å². The van der Waals surface area contributed by atoms with Gasteiger partial charge in [0.05, 0.1) is 12.1 Å². The van der Waals surface area contributed by atoms with Gasteiger partial charge in [-0.15, -0.1) is 10.2 Å². The van der Waals surface area contributed by atoms with Gasteiger partial charge in [-0.3, -0.25) is 0 Å². The van der Waals surface area contributed by atoms with Gasteiger partial charge in [0.1, 0.15) is 5.82 Å². The molecular weight excluding hydrogens is 270 g/mol. The van der Waals surface area contributed by atoms with Gasteiger partial charge in [0.25, 0.3) is 0 Å². The molecule has 2 atom stereocenters. The molecule has 7 nitrogen and oxygen atoms in total. The Kier molecular flexibility index (Phi) is 5.17. The third kappa shape index (κ3) is 4.17. The van der Waals surface area contributed by atoms with Crippen molar-refractivity contribution in [3.05, 3.63) is 11.6 Å². The molecule has 1 aromatic rings. The van der Waals surface area contributed by atoms with E-state index in [1.165, 1.54) is 0 Å². The molecule has 1 aliphatic heterocycles. The molecule has 0 aromatic carbocycles. The summed E-state index contributed by atoms with van der Waals surface area (Å²) in [6, 6.07) is -0.376. The molecule has 0 aliphatic carbocycles. The molecule has 3 N–H and O–H groups in total. The fraction of sp³-hybridized carbons (Fsp3) is 0.786. The SMILES string of the molecule is Cc1nnc2n1CCCC2NC(=O)NCC(O)CC(C)C. The Bertz CT molecular complexity index is 486. The van der Waals surface area contributed by atoms with Gasteiger partial charge in [0.2, 0.25) is 0 Å². The van der Waals surface area contributed by atoms with Crippen LogP contribution in [0.3, 0.4) is 0 Å². The molecule has 0 saturated carbocycles. The molecule has 0 fully saturated rings. The number of carbonyl (C=O) groups excluding carboxylic acids is 1. The second kappa shape index (κ2) is 6.89. The maximum Gasteiger partial charge on any atom is 0.315 e. The Morgan fingerprint density at radius 1 is 1.48 bits per heavy atom. The largest absolute Gasteiger partial charge is 0.391 e. The van der Waals surface area contributed by atoms with Gasteiger partial charge >= 0.3 is 6.03 Å². The van der Waals surface area contributed by atoms with E-state index in [1.54, 1.807) is 0 Å². The molecule has 2 amide bonds. The van der Waals surface area contributed by atoms with Gasteiger partial charge in [0.15, 0.2) is 5.82 Å². The summed E-state index contributed by atoms with van der Waals surface area (Å²) in [6.07, 6.45) is 2.03. The fourth-order valence-electron chi connectivity index (χ4n) is 2.70. The topological polar surface area (TPSA) is 92.1 Å². The maximum atomic E-state index is 11.9. The quantitative estimate of drug-likeness (QED) is 0.759. The van der Waals surface area contributed by atoms with Crippen LogP contribution in [0.1, 0.15) is 50.8 Å². The van der Waals surface area contributed by atoms with Crippen molar-refractivity contribution in [2.45, 2.75) is 58.7 Å². The van der Waals surface area contributed by atoms with Crippen LogP contribution in [0.15, 0.2) is 0 Å². The highest BCUT2D eigenvalue weighted by atomic mass is 16.3. The van der Waals surface area contributed by atoms with Crippen molar-refractivity contribution in [2.24, 2.45) is 5.92 Å². The molecule has 0 bridgehead atoms. The zero-order valence-corrected chi connectivity index (χ0v) is 13.0. The summed E-state index contributed by atoms with van der Waals surface area (Å²) in [5.41, 5.74) is 0. The van der Waals surface area contributed by atoms with E-state index in [1.807, 2.05) is 25.3 Å². The number of nitrogens with one attached hydrogen (secondary N) is 2. The average molecular weight is 295 g/mol. The Morgan fingerprint density at radius 3 is 2.95 bits per heavy atom. The highest BCUT2D eigenvalue weighted by Crippen LogP contribution is 2.23. The number of hydrogen-bond acceptors (Lipinski definition) is 4. The van der Waals surface area contributed by atoms with Crippen LogP contribution in [0.25, 0.3) is 0 Å². The number of rotatable bonds is 5. The highest BCUT2D eigenvalue weighted by molar-refractivity contribution is 5.74. The zero-order valence-electron chi connectivity index (χ0n) is 13.0. The molecule has 0 spiro atoms. The van der Waals surface area contributed by atoms with Gasteiger partial charge in [0, 0.05) is 13.1 Å². The number of fused-ring (bicyclic) bond motifs is 1. The summed E-state index contributed by atoms with van der Waals surface area (Å²) >= 11 is 0. The highest BCUT2D eigenvalue weighted by Gasteiger charge is 2.25. The zero-order chi connectivity index (χ0) is 15.4. The van der Waals surface area contributed by atoms with E-state index >= 15 is 0 Å². The van der Waals surface area contributed by atoms with Crippen LogP contribution in [-0.2, 0) is 6.54 Å². The molecule has 2 heterocycles. The lowest BCUT2D eigenvalue weighted by atomic mass is 10.1. The number of aliphatic hydroxyl groups is 1. The molecule has 2 rings (SSSR count). The van der Waals surface area contributed by atoms with Gasteiger partial charge in [-0.05, 0) is 32.1 Å². The minimum absolute atomic E-state index is 0.109. The molecule has 7 heteroatoms. The lowest BCUT2D eigenvalue weighted by Gasteiger charge is -2.24. The first-order valence-electron chi connectivity index (χ1n) is 7.59. The van der Waals surface area contributed by atoms with E-state index in [4.69, 9.17) is 0 Å². The molecule has 0 radical (unpaired) electrons. The van der Waals surface area contributed by atoms with E-state index in [9.17, 15) is 9.90 Å². The standard InChI is InChI=1S/C14H25N5O2/c1-9(2)7-11(20)8-15-14(21)16-12-5-4-6-19-10(3)17-18-13(12)19/h9,11-12,20H,4-8H2,1-3H3,(H2,15,16,21). The molecule has 21 heavy (non-hydrogen) atoms. The Hall–Kier alpha value is -1.63. The first-order valence-corrected chi connectivity index (χ1v) is 7.59. The van der Waals surface area contributed by atoms with Crippen molar-refractivity contribution in [2.75, 3.05) is 6.54 Å². The van der Waals surface area contributed by atoms with Crippen molar-refractivity contribution in [3.63, 3.8) is 0 Å². The average Bonchev–Trinajstić information content (AvgIpc) is 2.79. The number of aryl methyl sites for hydroxylation is 1. The normalized spacial score (nSPS) is 19.2. The number of amides is 2. The monoisotopic (exact) mass is 295 g/mol. The summed E-state index contributed by atoms with van der Waals surface area (Å²) in [6.45, 7) is 7.17. The smallest absolute Gasteiger partial charge is 0.315 e. The molecule has 118 valence electrons. The predicted molar refractivity (Wildman–Crippen MR) is 78.7 cm³/mol. The number of carbonyl (C=O) groups is 1. The first-order chi connectivity index (χ1) is 9.97. The summed E-state index contributed by atoms with van der Waals surface area (Å²) in [5, 5.41) is 23.6. The number of aromatic nitrogens is 3. The van der Waals surface area contributed by atoms with E-state index in [0.29, 0.717) is 12.3 Å². The van der Waals surface area contributed by atoms with E-state index in [0.717, 1.165) is 31.0 Å². The van der Waals surface area contributed by atoms with Gasteiger partial charge < -0.3 is 20.3 Å². The Balaban J connectivity index is 1.84. The lowest BCUT2D eigenvalue weighted by molar-refractivity contribution is 0.146. The number of hydrogen-bond donors (Lipinski definition) is 3. The summed E-state index contributed by atoms with van der Waals surface area (Å²) in [5.74, 6) is 2.10. The van der Waals surface area contributed by atoms with Gasteiger partial charge in [-0.25, -0.2) is 4.79 Å². The molecule has 2 unspecified atom stereocenters. The van der Waals surface area contributed by atoms with Crippen molar-refractivity contribution in [1.82, 2.24) is 25.4 Å². The molecule has 1 aromatic heterocycles. The lowest BCUT2D eigenvalue weighted by Crippen LogP contribution is -2.43. The minimum atomic E-state index is -0.506. The fourth-order valence-corrected chi connectivity index (χ4v) is 2.70. The second-order valence-electron chi connectivity index (χ2n) is 6.09. The van der Waals surface area contributed by atoms with E-state index in [-0.39, 0.29) is 18.6 Å². The van der Waals surface area contributed by atoms with Crippen LogP contribution in [0.2, 0.25) is 0 Å². The second-order valence-corrected chi connectivity index (χ2v) is 6.09. The van der Waals surface area contributed by atoms with Crippen molar-refractivity contribution < 1.29 is 9.90 Å². The maximum absolute atomic E-state index is 11.9. The Labute approximate surface area is 125 Å². The van der Waals surface area contributed by atoms with Crippen molar-refractivity contribution >= 4 is 6.03 Å². The molecular formula is C14H25N5O2. The van der Waals surface area contributed by atoms with Crippen LogP contribution in [-0.4, -0.2) is 38.6 Å². The summed E-state index contributed by atoms with van der Waals surface area (Å²) < 4.78 is 2.04. The predicted octanol–water partition coefficient (Wildman–Crippen LogP) is 1.13. The first kappa shape index (κ1) is 15.8. The number of urea groups is 1. The molecule has 0 saturated heterocycles. The Morgan fingerprint density at radius 2 is 2.24 bits per heavy atom. The molecule has 1 aliphatic rings. The third-order valence-corrected chi connectivity index (χ3v) is 3.70.